The van der Waals surface area contributed by atoms with Crippen LogP contribution in [0.3, 0.4) is 0 Å². The molecule has 1 aliphatic heterocycles. The van der Waals surface area contributed by atoms with Crippen molar-refractivity contribution in [3.05, 3.63) is 54.1 Å². The van der Waals surface area contributed by atoms with E-state index in [4.69, 9.17) is 14.2 Å². The molecule has 2 aromatic carbocycles. The van der Waals surface area contributed by atoms with Crippen LogP contribution in [0.2, 0.25) is 0 Å². The maximum atomic E-state index is 13.0. The molecular weight excluding hydrogens is 370 g/mol. The Morgan fingerprint density at radius 1 is 1.07 bits per heavy atom. The normalized spacial score (nSPS) is 19.0. The molecule has 0 spiro atoms. The average Bonchev–Trinajstić information content (AvgIpc) is 2.77. The van der Waals surface area contributed by atoms with Crippen LogP contribution >= 0.6 is 0 Å². The lowest BCUT2D eigenvalue weighted by atomic mass is 9.83. The minimum Gasteiger partial charge on any atom is -0.497 e. The van der Waals surface area contributed by atoms with E-state index in [1.807, 2.05) is 43.3 Å². The monoisotopic (exact) mass is 397 g/mol. The van der Waals surface area contributed by atoms with Crippen molar-refractivity contribution in [3.8, 4) is 11.5 Å². The van der Waals surface area contributed by atoms with Crippen LogP contribution < -0.4 is 14.4 Å². The lowest BCUT2D eigenvalue weighted by molar-refractivity contribution is -0.150. The third-order valence-electron chi connectivity index (χ3n) is 5.16. The van der Waals surface area contributed by atoms with Gasteiger partial charge in [0.1, 0.15) is 11.5 Å². The van der Waals surface area contributed by atoms with Gasteiger partial charge in [0.15, 0.2) is 0 Å². The number of methoxy groups -OCH3 is 2. The Labute approximate surface area is 171 Å². The fourth-order valence-electron chi connectivity index (χ4n) is 3.76. The topological polar surface area (TPSA) is 65.1 Å². The lowest BCUT2D eigenvalue weighted by Gasteiger charge is -2.40. The second-order valence-electron chi connectivity index (χ2n) is 6.96. The van der Waals surface area contributed by atoms with Crippen molar-refractivity contribution in [2.75, 3.05) is 25.7 Å². The molecule has 0 saturated carbocycles. The van der Waals surface area contributed by atoms with Crippen molar-refractivity contribution in [2.45, 2.75) is 32.2 Å². The van der Waals surface area contributed by atoms with Gasteiger partial charge in [-0.05, 0) is 43.2 Å². The van der Waals surface area contributed by atoms with E-state index in [1.54, 1.807) is 31.3 Å². The summed E-state index contributed by atoms with van der Waals surface area (Å²) >= 11 is 0. The van der Waals surface area contributed by atoms with E-state index in [-0.39, 0.29) is 18.3 Å². The van der Waals surface area contributed by atoms with Crippen molar-refractivity contribution in [3.63, 3.8) is 0 Å². The van der Waals surface area contributed by atoms with Crippen LogP contribution in [-0.2, 0) is 14.3 Å². The maximum absolute atomic E-state index is 13.0. The van der Waals surface area contributed by atoms with E-state index in [2.05, 4.69) is 0 Å². The predicted octanol–water partition coefficient (Wildman–Crippen LogP) is 4.14. The first-order valence-electron chi connectivity index (χ1n) is 9.86. The van der Waals surface area contributed by atoms with Gasteiger partial charge in [0, 0.05) is 17.7 Å². The summed E-state index contributed by atoms with van der Waals surface area (Å²) in [6.07, 6.45) is 1.47. The number of carbonyl (C=O) groups excluding carboxylic acids is 2. The highest BCUT2D eigenvalue weighted by Gasteiger charge is 2.43. The molecule has 29 heavy (non-hydrogen) atoms. The third kappa shape index (κ3) is 4.36. The highest BCUT2D eigenvalue weighted by Crippen LogP contribution is 2.43. The molecule has 3 rings (SSSR count). The molecule has 1 fully saturated rings. The van der Waals surface area contributed by atoms with Crippen LogP contribution in [0.1, 0.15) is 37.8 Å². The van der Waals surface area contributed by atoms with E-state index in [0.29, 0.717) is 30.2 Å². The summed E-state index contributed by atoms with van der Waals surface area (Å²) in [5.41, 5.74) is 1.50. The van der Waals surface area contributed by atoms with Crippen molar-refractivity contribution in [2.24, 2.45) is 5.92 Å². The van der Waals surface area contributed by atoms with Gasteiger partial charge in [0.05, 0.1) is 32.8 Å². The number of ether oxygens (including phenoxy) is 3. The Morgan fingerprint density at radius 2 is 1.79 bits per heavy atom. The lowest BCUT2D eigenvalue weighted by Crippen LogP contribution is -2.46. The molecular formula is C23H27NO5. The van der Waals surface area contributed by atoms with Gasteiger partial charge in [-0.3, -0.25) is 9.59 Å². The minimum absolute atomic E-state index is 0.0365. The van der Waals surface area contributed by atoms with Gasteiger partial charge >= 0.3 is 5.97 Å². The summed E-state index contributed by atoms with van der Waals surface area (Å²) in [6.45, 7) is 2.32. The summed E-state index contributed by atoms with van der Waals surface area (Å²) in [7, 11) is 3.18. The maximum Gasteiger partial charge on any atom is 0.311 e. The predicted molar refractivity (Wildman–Crippen MR) is 110 cm³/mol. The molecule has 2 aromatic rings. The number of amides is 1. The number of hydrogen-bond donors (Lipinski definition) is 0. The van der Waals surface area contributed by atoms with E-state index < -0.39 is 12.0 Å². The molecule has 154 valence electrons. The first-order chi connectivity index (χ1) is 14.1. The van der Waals surface area contributed by atoms with Gasteiger partial charge in [-0.15, -0.1) is 0 Å². The van der Waals surface area contributed by atoms with Crippen molar-refractivity contribution in [1.82, 2.24) is 0 Å². The number of para-hydroxylation sites is 1. The molecule has 2 atom stereocenters. The number of piperidine rings is 1. The van der Waals surface area contributed by atoms with Crippen LogP contribution in [-0.4, -0.2) is 32.7 Å². The molecule has 0 N–H and O–H groups in total. The molecule has 0 radical (unpaired) electrons. The Morgan fingerprint density at radius 3 is 2.45 bits per heavy atom. The second-order valence-corrected chi connectivity index (χ2v) is 6.96. The molecule has 2 unspecified atom stereocenters. The molecule has 6 heteroatoms. The van der Waals surface area contributed by atoms with Gasteiger partial charge in [-0.2, -0.15) is 0 Å². The van der Waals surface area contributed by atoms with Crippen molar-refractivity contribution < 1.29 is 23.8 Å². The largest absolute Gasteiger partial charge is 0.497 e. The molecule has 0 aromatic heterocycles. The Balaban J connectivity index is 2.08. The fourth-order valence-corrected chi connectivity index (χ4v) is 3.76. The van der Waals surface area contributed by atoms with Crippen LogP contribution in [0.25, 0.3) is 0 Å². The van der Waals surface area contributed by atoms with Crippen LogP contribution in [0.15, 0.2) is 48.5 Å². The Hall–Kier alpha value is -3.02. The summed E-state index contributed by atoms with van der Waals surface area (Å²) in [6, 6.07) is 14.3. The van der Waals surface area contributed by atoms with Gasteiger partial charge in [-0.1, -0.05) is 25.1 Å². The number of nitrogens with zero attached hydrogens (tertiary/aromatic N) is 1. The third-order valence-corrected chi connectivity index (χ3v) is 5.16. The summed E-state index contributed by atoms with van der Waals surface area (Å²) in [5.74, 6) is 0.544. The van der Waals surface area contributed by atoms with Gasteiger partial charge in [0.2, 0.25) is 5.91 Å². The minimum atomic E-state index is -0.509. The first kappa shape index (κ1) is 20.7. The highest BCUT2D eigenvalue weighted by atomic mass is 16.5. The number of carbonyl (C=O) groups is 2. The van der Waals surface area contributed by atoms with Crippen molar-refractivity contribution in [1.29, 1.82) is 0 Å². The average molecular weight is 397 g/mol. The van der Waals surface area contributed by atoms with E-state index in [1.165, 1.54) is 0 Å². The zero-order chi connectivity index (χ0) is 20.8. The number of rotatable bonds is 7. The summed E-state index contributed by atoms with van der Waals surface area (Å²) in [5, 5.41) is 0. The molecule has 1 saturated heterocycles. The van der Waals surface area contributed by atoms with E-state index >= 15 is 0 Å². The fraction of sp³-hybridized carbons (Fsp3) is 0.391. The van der Waals surface area contributed by atoms with Gasteiger partial charge in [0.25, 0.3) is 0 Å². The zero-order valence-electron chi connectivity index (χ0n) is 17.1. The van der Waals surface area contributed by atoms with Crippen LogP contribution in [0.4, 0.5) is 5.69 Å². The summed E-state index contributed by atoms with van der Waals surface area (Å²) in [4.78, 5) is 27.6. The van der Waals surface area contributed by atoms with Crippen LogP contribution in [0.5, 0.6) is 11.5 Å². The van der Waals surface area contributed by atoms with E-state index in [9.17, 15) is 9.59 Å². The summed E-state index contributed by atoms with van der Waals surface area (Å²) < 4.78 is 16.3. The van der Waals surface area contributed by atoms with Crippen molar-refractivity contribution >= 4 is 17.6 Å². The Kier molecular flexibility index (Phi) is 6.75. The standard InChI is InChI=1S/C23H27NO5/c1-4-15-29-23(26)19-13-14-21(25)24(16-9-11-17(27-2)12-10-16)22(19)18-7-5-6-8-20(18)28-3/h5-12,19,22H,4,13-15H2,1-3H3. The highest BCUT2D eigenvalue weighted by molar-refractivity contribution is 5.97. The van der Waals surface area contributed by atoms with Gasteiger partial charge in [-0.25, -0.2) is 0 Å². The molecule has 0 aliphatic carbocycles. The van der Waals surface area contributed by atoms with Gasteiger partial charge < -0.3 is 19.1 Å². The Bertz CT molecular complexity index is 849. The molecule has 1 amide bonds. The number of esters is 1. The van der Waals surface area contributed by atoms with E-state index in [0.717, 1.165) is 12.0 Å². The molecule has 6 nitrogen and oxygen atoms in total. The second kappa shape index (κ2) is 9.45. The smallest absolute Gasteiger partial charge is 0.311 e. The number of anilines is 1. The SMILES string of the molecule is CCCOC(=O)C1CCC(=O)N(c2ccc(OC)cc2)C1c1ccccc1OC. The molecule has 1 heterocycles. The first-order valence-corrected chi connectivity index (χ1v) is 9.86. The van der Waals surface area contributed by atoms with Crippen LogP contribution in [0, 0.1) is 5.92 Å². The molecule has 0 bridgehead atoms. The zero-order valence-corrected chi connectivity index (χ0v) is 17.1. The number of hydrogen-bond acceptors (Lipinski definition) is 5. The number of benzene rings is 2. The molecule has 1 aliphatic rings. The quantitative estimate of drug-likeness (QED) is 0.657.